The number of nitrogens with zero attached hydrogens (tertiary/aromatic N) is 1. The summed E-state index contributed by atoms with van der Waals surface area (Å²) in [4.78, 5) is 2.16. The van der Waals surface area contributed by atoms with Crippen LogP contribution in [0.4, 0.5) is 0 Å². The van der Waals surface area contributed by atoms with Gasteiger partial charge in [-0.1, -0.05) is 72.8 Å². The second kappa shape index (κ2) is 7.55. The van der Waals surface area contributed by atoms with E-state index in [-0.39, 0.29) is 0 Å². The molecule has 1 aliphatic heterocycles. The number of rotatable bonds is 5. The first kappa shape index (κ1) is 17.8. The van der Waals surface area contributed by atoms with Gasteiger partial charge in [0, 0.05) is 19.6 Å². The van der Waals surface area contributed by atoms with Crippen LogP contribution < -0.4 is 4.18 Å². The molecule has 0 bridgehead atoms. The zero-order valence-electron chi connectivity index (χ0n) is 14.9. The molecule has 0 radical (unpaired) electrons. The van der Waals surface area contributed by atoms with Crippen LogP contribution in [0.15, 0.2) is 84.9 Å². The van der Waals surface area contributed by atoms with Crippen LogP contribution in [0.25, 0.3) is 0 Å². The SMILES string of the molecule is O=S(=O)(Oc1ccccc1)C1CN(Cc2ccccc2)Cc2ccccc21. The number of para-hydroxylation sites is 1. The third-order valence-corrected chi connectivity index (χ3v) is 6.30. The average molecular weight is 379 g/mol. The maximum Gasteiger partial charge on any atom is 0.317 e. The molecule has 1 aliphatic rings. The van der Waals surface area contributed by atoms with Crippen molar-refractivity contribution >= 4 is 10.1 Å². The van der Waals surface area contributed by atoms with E-state index in [2.05, 4.69) is 17.0 Å². The molecule has 3 aromatic carbocycles. The summed E-state index contributed by atoms with van der Waals surface area (Å²) in [6.45, 7) is 1.83. The molecule has 0 fully saturated rings. The van der Waals surface area contributed by atoms with Gasteiger partial charge in [-0.3, -0.25) is 4.90 Å². The third-order valence-electron chi connectivity index (χ3n) is 4.77. The van der Waals surface area contributed by atoms with Crippen LogP contribution in [0.1, 0.15) is 21.9 Å². The summed E-state index contributed by atoms with van der Waals surface area (Å²) in [5, 5.41) is -0.716. The summed E-state index contributed by atoms with van der Waals surface area (Å²) in [5.41, 5.74) is 3.03. The quantitative estimate of drug-likeness (QED) is 0.625. The Balaban J connectivity index is 1.64. The van der Waals surface area contributed by atoms with Crippen LogP contribution in [-0.4, -0.2) is 19.9 Å². The summed E-state index contributed by atoms with van der Waals surface area (Å²) < 4.78 is 31.6. The van der Waals surface area contributed by atoms with Crippen LogP contribution in [0.5, 0.6) is 5.75 Å². The van der Waals surface area contributed by atoms with Crippen LogP contribution in [-0.2, 0) is 23.2 Å². The molecule has 1 atom stereocenters. The van der Waals surface area contributed by atoms with Gasteiger partial charge in [-0.05, 0) is 28.8 Å². The highest BCUT2D eigenvalue weighted by Gasteiger charge is 2.36. The van der Waals surface area contributed by atoms with E-state index in [0.717, 1.165) is 23.2 Å². The highest BCUT2D eigenvalue weighted by Crippen LogP contribution is 2.34. The Morgan fingerprint density at radius 1 is 0.852 bits per heavy atom. The van der Waals surface area contributed by atoms with Gasteiger partial charge in [0.25, 0.3) is 0 Å². The Morgan fingerprint density at radius 2 is 1.48 bits per heavy atom. The molecule has 1 heterocycles. The summed E-state index contributed by atoms with van der Waals surface area (Å²) in [6, 6.07) is 26.5. The van der Waals surface area contributed by atoms with E-state index >= 15 is 0 Å². The van der Waals surface area contributed by atoms with Crippen molar-refractivity contribution in [2.24, 2.45) is 0 Å². The fourth-order valence-electron chi connectivity index (χ4n) is 3.51. The fourth-order valence-corrected chi connectivity index (χ4v) is 4.94. The van der Waals surface area contributed by atoms with Gasteiger partial charge in [-0.25, -0.2) is 0 Å². The second-order valence-electron chi connectivity index (χ2n) is 6.73. The Kier molecular flexibility index (Phi) is 4.97. The maximum absolute atomic E-state index is 13.1. The molecular weight excluding hydrogens is 358 g/mol. The van der Waals surface area contributed by atoms with Crippen LogP contribution in [0.3, 0.4) is 0 Å². The highest BCUT2D eigenvalue weighted by molar-refractivity contribution is 7.87. The first-order valence-corrected chi connectivity index (χ1v) is 10.4. The number of benzene rings is 3. The lowest BCUT2D eigenvalue weighted by molar-refractivity contribution is 0.237. The minimum absolute atomic E-state index is 0.343. The number of hydrogen-bond donors (Lipinski definition) is 0. The van der Waals surface area contributed by atoms with Gasteiger partial charge in [-0.15, -0.1) is 0 Å². The highest BCUT2D eigenvalue weighted by atomic mass is 32.2. The van der Waals surface area contributed by atoms with Crippen molar-refractivity contribution in [3.63, 3.8) is 0 Å². The van der Waals surface area contributed by atoms with E-state index in [1.165, 1.54) is 0 Å². The topological polar surface area (TPSA) is 46.6 Å². The van der Waals surface area contributed by atoms with Crippen molar-refractivity contribution < 1.29 is 12.6 Å². The molecule has 0 saturated heterocycles. The molecule has 0 aromatic heterocycles. The van der Waals surface area contributed by atoms with Crippen molar-refractivity contribution in [2.75, 3.05) is 6.54 Å². The Bertz CT molecular complexity index is 1000. The summed E-state index contributed by atoms with van der Waals surface area (Å²) in [5.74, 6) is 0.343. The number of hydrogen-bond acceptors (Lipinski definition) is 4. The zero-order valence-corrected chi connectivity index (χ0v) is 15.7. The van der Waals surface area contributed by atoms with Crippen LogP contribution in [0.2, 0.25) is 0 Å². The molecule has 0 amide bonds. The predicted octanol–water partition coefficient (Wildman–Crippen LogP) is 4.15. The van der Waals surface area contributed by atoms with Crippen molar-refractivity contribution in [2.45, 2.75) is 18.3 Å². The van der Waals surface area contributed by atoms with E-state index in [4.69, 9.17) is 4.18 Å². The molecule has 0 N–H and O–H groups in total. The molecule has 4 rings (SSSR count). The maximum atomic E-state index is 13.1. The molecule has 0 aliphatic carbocycles. The van der Waals surface area contributed by atoms with Gasteiger partial charge in [0.15, 0.2) is 0 Å². The van der Waals surface area contributed by atoms with E-state index in [1.807, 2.05) is 48.5 Å². The molecule has 3 aromatic rings. The molecule has 27 heavy (non-hydrogen) atoms. The minimum Gasteiger partial charge on any atom is -0.382 e. The third kappa shape index (κ3) is 4.04. The monoisotopic (exact) mass is 379 g/mol. The van der Waals surface area contributed by atoms with Gasteiger partial charge < -0.3 is 4.18 Å². The molecule has 5 heteroatoms. The molecule has 1 unspecified atom stereocenters. The van der Waals surface area contributed by atoms with Gasteiger partial charge in [0.2, 0.25) is 0 Å². The fraction of sp³-hybridized carbons (Fsp3) is 0.182. The Morgan fingerprint density at radius 3 is 2.22 bits per heavy atom. The molecule has 0 spiro atoms. The summed E-state index contributed by atoms with van der Waals surface area (Å²) >= 11 is 0. The molecule has 138 valence electrons. The lowest BCUT2D eigenvalue weighted by Crippen LogP contribution is -2.37. The van der Waals surface area contributed by atoms with Gasteiger partial charge >= 0.3 is 10.1 Å². The van der Waals surface area contributed by atoms with E-state index in [9.17, 15) is 8.42 Å². The first-order chi connectivity index (χ1) is 13.1. The van der Waals surface area contributed by atoms with Gasteiger partial charge in [0.1, 0.15) is 11.0 Å². The molecular formula is C22H21NO3S. The minimum atomic E-state index is -3.82. The summed E-state index contributed by atoms with van der Waals surface area (Å²) in [7, 11) is -3.82. The first-order valence-electron chi connectivity index (χ1n) is 8.94. The standard InChI is InChI=1S/C22H21NO3S/c24-27(25,26-20-12-5-2-6-13-20)22-17-23(15-18-9-3-1-4-10-18)16-19-11-7-8-14-21(19)22/h1-14,22H,15-17H2. The van der Waals surface area contributed by atoms with E-state index < -0.39 is 15.4 Å². The van der Waals surface area contributed by atoms with Crippen molar-refractivity contribution in [1.29, 1.82) is 0 Å². The Hall–Kier alpha value is -2.63. The lowest BCUT2D eigenvalue weighted by Gasteiger charge is -2.34. The smallest absolute Gasteiger partial charge is 0.317 e. The van der Waals surface area contributed by atoms with Crippen molar-refractivity contribution in [1.82, 2.24) is 4.90 Å². The lowest BCUT2D eigenvalue weighted by atomic mass is 9.99. The van der Waals surface area contributed by atoms with E-state index in [0.29, 0.717) is 18.8 Å². The van der Waals surface area contributed by atoms with Gasteiger partial charge in [0.05, 0.1) is 0 Å². The van der Waals surface area contributed by atoms with Crippen molar-refractivity contribution in [3.05, 3.63) is 102 Å². The van der Waals surface area contributed by atoms with Crippen LogP contribution in [0, 0.1) is 0 Å². The predicted molar refractivity (Wildman–Crippen MR) is 106 cm³/mol. The van der Waals surface area contributed by atoms with Gasteiger partial charge in [-0.2, -0.15) is 8.42 Å². The average Bonchev–Trinajstić information content (AvgIpc) is 2.68. The van der Waals surface area contributed by atoms with Crippen molar-refractivity contribution in [3.8, 4) is 5.75 Å². The largest absolute Gasteiger partial charge is 0.382 e. The normalized spacial score (nSPS) is 17.3. The zero-order chi connectivity index (χ0) is 18.7. The van der Waals surface area contributed by atoms with Crippen LogP contribution >= 0.6 is 0 Å². The summed E-state index contributed by atoms with van der Waals surface area (Å²) in [6.07, 6.45) is 0. The Labute approximate surface area is 160 Å². The van der Waals surface area contributed by atoms with E-state index in [1.54, 1.807) is 24.3 Å². The second-order valence-corrected chi connectivity index (χ2v) is 8.45. The molecule has 4 nitrogen and oxygen atoms in total. The number of fused-ring (bicyclic) bond motifs is 1. The molecule has 0 saturated carbocycles.